The van der Waals surface area contributed by atoms with Gasteiger partial charge in [-0.15, -0.1) is 22.7 Å². The highest BCUT2D eigenvalue weighted by atomic mass is 35.5. The molecule has 1 aliphatic carbocycles. The second kappa shape index (κ2) is 9.08. The lowest BCUT2D eigenvalue weighted by Gasteiger charge is -2.54. The molecule has 5 atom stereocenters. The number of aliphatic hydroxyl groups excluding tert-OH is 1. The Balaban J connectivity index is 1.49. The summed E-state index contributed by atoms with van der Waals surface area (Å²) in [5.41, 5.74) is 6.53. The Morgan fingerprint density at radius 1 is 1.08 bits per heavy atom. The molecule has 2 aromatic heterocycles. The summed E-state index contributed by atoms with van der Waals surface area (Å²) in [4.78, 5) is 43.9. The van der Waals surface area contributed by atoms with E-state index in [-0.39, 0.29) is 18.6 Å². The quantitative estimate of drug-likeness (QED) is 0.352. The van der Waals surface area contributed by atoms with Crippen LogP contribution in [0.3, 0.4) is 0 Å². The molecule has 7 rings (SSSR count). The summed E-state index contributed by atoms with van der Waals surface area (Å²) in [6.07, 6.45) is 3.27. The molecular weight excluding hydrogens is 518 g/mol. The molecule has 3 aliphatic heterocycles. The highest BCUT2D eigenvalue weighted by Crippen LogP contribution is 2.58. The molecule has 2 fully saturated rings. The molecule has 7 nitrogen and oxygen atoms in total. The minimum atomic E-state index is -1.03. The molecule has 0 radical (unpaired) electrons. The lowest BCUT2D eigenvalue weighted by atomic mass is 9.62. The average Bonchev–Trinajstić information content (AvgIpc) is 3.57. The fraction of sp³-hybridized carbons (Fsp3) is 0.346. The van der Waals surface area contributed by atoms with Crippen LogP contribution in [0, 0.1) is 17.8 Å². The van der Waals surface area contributed by atoms with Crippen molar-refractivity contribution in [3.05, 3.63) is 68.2 Å². The number of thiophene rings is 2. The average molecular weight is 542 g/mol. The van der Waals surface area contributed by atoms with E-state index in [1.165, 1.54) is 0 Å². The van der Waals surface area contributed by atoms with Crippen molar-refractivity contribution in [1.29, 1.82) is 0 Å². The van der Waals surface area contributed by atoms with E-state index in [1.807, 2.05) is 35.7 Å². The van der Waals surface area contributed by atoms with Gasteiger partial charge in [0.15, 0.2) is 0 Å². The second-order valence-electron chi connectivity index (χ2n) is 9.45. The van der Waals surface area contributed by atoms with Crippen molar-refractivity contribution < 1.29 is 19.5 Å². The Hall–Kier alpha value is -2.56. The molecule has 4 aliphatic rings. The first-order chi connectivity index (χ1) is 17.4. The fourth-order valence-electron chi connectivity index (χ4n) is 6.29. The van der Waals surface area contributed by atoms with E-state index >= 15 is 0 Å². The minimum absolute atomic E-state index is 0.0356. The Morgan fingerprint density at radius 2 is 1.86 bits per heavy atom. The van der Waals surface area contributed by atoms with Crippen molar-refractivity contribution in [2.75, 3.05) is 6.61 Å². The number of rotatable bonds is 6. The van der Waals surface area contributed by atoms with Gasteiger partial charge in [0.05, 0.1) is 22.9 Å². The van der Waals surface area contributed by atoms with Crippen LogP contribution in [0.5, 0.6) is 0 Å². The van der Waals surface area contributed by atoms with E-state index in [0.29, 0.717) is 29.3 Å². The van der Waals surface area contributed by atoms with Crippen molar-refractivity contribution in [3.63, 3.8) is 0 Å². The maximum atomic E-state index is 13.4. The first-order valence-corrected chi connectivity index (χ1v) is 13.9. The highest BCUT2D eigenvalue weighted by molar-refractivity contribution is 7.19. The number of amides is 4. The summed E-state index contributed by atoms with van der Waals surface area (Å²) in [5.74, 6) is -2.68. The molecule has 5 unspecified atom stereocenters. The van der Waals surface area contributed by atoms with Crippen molar-refractivity contribution in [2.24, 2.45) is 23.5 Å². The van der Waals surface area contributed by atoms with Gasteiger partial charge < -0.3 is 10.8 Å². The number of piperidine rings is 1. The number of nitrogens with zero attached hydrogens (tertiary/aromatic N) is 2. The molecule has 0 spiro atoms. The van der Waals surface area contributed by atoms with E-state index in [0.717, 1.165) is 25.4 Å². The molecule has 1 aromatic carbocycles. The van der Waals surface area contributed by atoms with Crippen molar-refractivity contribution in [2.45, 2.75) is 31.5 Å². The maximum absolute atomic E-state index is 13.4. The molecule has 3 N–H and O–H groups in total. The maximum Gasteiger partial charge on any atom is 0.328 e. The van der Waals surface area contributed by atoms with Crippen LogP contribution in [0.25, 0.3) is 10.1 Å². The van der Waals surface area contributed by atoms with Crippen molar-refractivity contribution in [3.8, 4) is 0 Å². The minimum Gasteiger partial charge on any atom is -0.396 e. The van der Waals surface area contributed by atoms with Gasteiger partial charge in [-0.1, -0.05) is 47.5 Å². The van der Waals surface area contributed by atoms with Gasteiger partial charge >= 0.3 is 6.03 Å². The Bertz CT molecular complexity index is 1400. The molecule has 0 saturated carbocycles. The number of nitrogens with two attached hydrogens (primary N) is 1. The molecule has 2 bridgehead atoms. The Morgan fingerprint density at radius 3 is 2.56 bits per heavy atom. The number of hydrogen-bond acceptors (Lipinski definition) is 7. The summed E-state index contributed by atoms with van der Waals surface area (Å²) in [6.45, 7) is 0.543. The first-order valence-electron chi connectivity index (χ1n) is 11.9. The zero-order chi connectivity index (χ0) is 25.1. The third-order valence-corrected chi connectivity index (χ3v) is 10.3. The number of likely N-dealkylation sites (tertiary alicyclic amines) is 1. The number of aliphatic hydroxyl groups is 1. The van der Waals surface area contributed by atoms with Gasteiger partial charge in [-0.25, -0.2) is 4.79 Å². The smallest absolute Gasteiger partial charge is 0.328 e. The largest absolute Gasteiger partial charge is 0.396 e. The molecular formula is C26H24ClN3O4S2. The number of hydrogen-bond donors (Lipinski definition) is 2. The SMILES string of the molecule is NC(=O)N1C(=O)C2C(C1=O)C1C=C(CCCO)C2C(c2cccs2)N1Cc1sc2ccccc2c1Cl. The molecule has 3 aromatic rings. The van der Waals surface area contributed by atoms with E-state index in [4.69, 9.17) is 17.3 Å². The second-order valence-corrected chi connectivity index (χ2v) is 11.9. The van der Waals surface area contributed by atoms with Gasteiger partial charge in [-0.05, 0) is 30.4 Å². The third kappa shape index (κ3) is 3.48. The van der Waals surface area contributed by atoms with E-state index in [1.54, 1.807) is 22.7 Å². The predicted octanol–water partition coefficient (Wildman–Crippen LogP) is 4.55. The van der Waals surface area contributed by atoms with E-state index in [9.17, 15) is 19.5 Å². The molecule has 2 saturated heterocycles. The lowest BCUT2D eigenvalue weighted by Crippen LogP contribution is -2.58. The third-order valence-electron chi connectivity index (χ3n) is 7.65. The number of urea groups is 1. The van der Waals surface area contributed by atoms with Crippen LogP contribution in [0.4, 0.5) is 4.79 Å². The standard InChI is InChI=1S/C26H24ClN3O4S2/c27-22-14-6-1-2-7-16(14)36-18(22)12-29-15-11-13(5-3-9-31)19(23(29)17-8-4-10-35-17)21-20(15)24(32)30(25(21)33)26(28)34/h1-2,4,6-8,10-11,15,19-21,23,31H,3,5,9,12H2,(H2,28,34). The predicted molar refractivity (Wildman–Crippen MR) is 140 cm³/mol. The molecule has 10 heteroatoms. The summed E-state index contributed by atoms with van der Waals surface area (Å²) >= 11 is 10.1. The lowest BCUT2D eigenvalue weighted by molar-refractivity contribution is -0.136. The molecule has 186 valence electrons. The van der Waals surface area contributed by atoms with Crippen LogP contribution >= 0.6 is 34.3 Å². The van der Waals surface area contributed by atoms with Crippen LogP contribution in [-0.2, 0) is 16.1 Å². The summed E-state index contributed by atoms with van der Waals surface area (Å²) < 4.78 is 1.09. The van der Waals surface area contributed by atoms with Crippen molar-refractivity contribution in [1.82, 2.24) is 9.80 Å². The number of primary amides is 1. The summed E-state index contributed by atoms with van der Waals surface area (Å²) in [6, 6.07) is 10.4. The first kappa shape index (κ1) is 23.8. The Kier molecular flexibility index (Phi) is 6.00. The van der Waals surface area contributed by atoms with E-state index in [2.05, 4.69) is 17.0 Å². The normalized spacial score (nSPS) is 27.7. The zero-order valence-corrected chi connectivity index (χ0v) is 21.6. The van der Waals surface area contributed by atoms with Gasteiger partial charge in [0.2, 0.25) is 11.8 Å². The van der Waals surface area contributed by atoms with Gasteiger partial charge in [0.25, 0.3) is 0 Å². The van der Waals surface area contributed by atoms with Crippen LogP contribution < -0.4 is 5.73 Å². The Labute approximate surface area is 220 Å². The fourth-order valence-corrected chi connectivity index (χ4v) is 8.69. The van der Waals surface area contributed by atoms with Crippen LogP contribution in [0.15, 0.2) is 53.4 Å². The summed E-state index contributed by atoms with van der Waals surface area (Å²) in [7, 11) is 0. The number of carbonyl (C=O) groups is 3. The van der Waals surface area contributed by atoms with Gasteiger partial charge in [0, 0.05) is 45.0 Å². The van der Waals surface area contributed by atoms with Crippen LogP contribution in [0.1, 0.15) is 28.6 Å². The number of fused-ring (bicyclic) bond motifs is 2. The monoisotopic (exact) mass is 541 g/mol. The van der Waals surface area contributed by atoms with Crippen molar-refractivity contribution >= 4 is 62.2 Å². The van der Waals surface area contributed by atoms with Crippen LogP contribution in [-0.4, -0.2) is 45.4 Å². The highest BCUT2D eigenvalue weighted by Gasteiger charge is 2.64. The van der Waals surface area contributed by atoms with Gasteiger partial charge in [0.1, 0.15) is 0 Å². The van der Waals surface area contributed by atoms with Gasteiger partial charge in [-0.2, -0.15) is 4.90 Å². The van der Waals surface area contributed by atoms with Crippen LogP contribution in [0.2, 0.25) is 5.02 Å². The molecule has 4 amide bonds. The zero-order valence-electron chi connectivity index (χ0n) is 19.2. The number of imide groups is 3. The number of carbonyl (C=O) groups excluding carboxylic acids is 3. The topological polar surface area (TPSA) is 104 Å². The van der Waals surface area contributed by atoms with E-state index < -0.39 is 35.7 Å². The molecule has 36 heavy (non-hydrogen) atoms. The number of benzene rings is 1. The van der Waals surface area contributed by atoms with Gasteiger partial charge in [-0.3, -0.25) is 14.5 Å². The molecule has 5 heterocycles. The number of halogens is 1. The summed E-state index contributed by atoms with van der Waals surface area (Å²) in [5, 5.41) is 13.2.